The van der Waals surface area contributed by atoms with Crippen LogP contribution in [-0.4, -0.2) is 67.8 Å². The highest BCUT2D eigenvalue weighted by Crippen LogP contribution is 2.33. The van der Waals surface area contributed by atoms with E-state index in [-0.39, 0.29) is 5.54 Å². The van der Waals surface area contributed by atoms with Gasteiger partial charge in [0.25, 0.3) is 0 Å². The van der Waals surface area contributed by atoms with Gasteiger partial charge in [-0.2, -0.15) is 0 Å². The highest BCUT2D eigenvalue weighted by atomic mass is 16.5. The van der Waals surface area contributed by atoms with E-state index in [2.05, 4.69) is 30.7 Å². The largest absolute Gasteiger partial charge is 0.381 e. The zero-order chi connectivity index (χ0) is 13.9. The van der Waals surface area contributed by atoms with Crippen molar-refractivity contribution in [3.05, 3.63) is 0 Å². The normalized spacial score (nSPS) is 29.8. The van der Waals surface area contributed by atoms with Crippen LogP contribution in [0.3, 0.4) is 0 Å². The van der Waals surface area contributed by atoms with Crippen molar-refractivity contribution in [3.8, 4) is 0 Å². The number of piperidine rings is 1. The minimum Gasteiger partial charge on any atom is -0.381 e. The standard InChI is InChI=1S/C15H31N3O/c1-4-18-8-5-14(6-9-18)17(3)15(2,12-16)13-7-10-19-11-13/h13-14H,4-12,16H2,1-3H3. The quantitative estimate of drug-likeness (QED) is 0.813. The number of hydrogen-bond acceptors (Lipinski definition) is 4. The Kier molecular flexibility index (Phi) is 5.23. The highest BCUT2D eigenvalue weighted by molar-refractivity contribution is 4.97. The molecule has 4 nitrogen and oxygen atoms in total. The number of nitrogens with zero attached hydrogens (tertiary/aromatic N) is 2. The van der Waals surface area contributed by atoms with Crippen LogP contribution >= 0.6 is 0 Å². The van der Waals surface area contributed by atoms with Crippen LogP contribution in [0.4, 0.5) is 0 Å². The van der Waals surface area contributed by atoms with Gasteiger partial charge in [-0.05, 0) is 52.9 Å². The molecule has 2 atom stereocenters. The Hall–Kier alpha value is -0.160. The van der Waals surface area contributed by atoms with Gasteiger partial charge in [0, 0.05) is 30.7 Å². The maximum Gasteiger partial charge on any atom is 0.0513 e. The molecule has 4 heteroatoms. The molecule has 2 N–H and O–H groups in total. The second kappa shape index (κ2) is 6.53. The first kappa shape index (κ1) is 15.2. The molecule has 0 bridgehead atoms. The van der Waals surface area contributed by atoms with Crippen LogP contribution in [-0.2, 0) is 4.74 Å². The molecule has 2 aliphatic heterocycles. The van der Waals surface area contributed by atoms with E-state index < -0.39 is 0 Å². The second-order valence-corrected chi connectivity index (χ2v) is 6.40. The minimum atomic E-state index is 0.0928. The summed E-state index contributed by atoms with van der Waals surface area (Å²) >= 11 is 0. The molecule has 0 aromatic heterocycles. The third kappa shape index (κ3) is 3.13. The van der Waals surface area contributed by atoms with Gasteiger partial charge in [-0.15, -0.1) is 0 Å². The van der Waals surface area contributed by atoms with E-state index in [0.29, 0.717) is 12.0 Å². The molecule has 2 heterocycles. The smallest absolute Gasteiger partial charge is 0.0513 e. The van der Waals surface area contributed by atoms with E-state index in [0.717, 1.165) is 26.2 Å². The molecular weight excluding hydrogens is 238 g/mol. The van der Waals surface area contributed by atoms with Crippen LogP contribution < -0.4 is 5.73 Å². The van der Waals surface area contributed by atoms with E-state index in [1.165, 1.54) is 32.5 Å². The summed E-state index contributed by atoms with van der Waals surface area (Å²) in [6.07, 6.45) is 3.70. The van der Waals surface area contributed by atoms with Crippen molar-refractivity contribution >= 4 is 0 Å². The summed E-state index contributed by atoms with van der Waals surface area (Å²) in [7, 11) is 2.28. The van der Waals surface area contributed by atoms with Gasteiger partial charge in [0.15, 0.2) is 0 Å². The van der Waals surface area contributed by atoms with Crippen LogP contribution in [0.1, 0.15) is 33.1 Å². The van der Waals surface area contributed by atoms with Crippen LogP contribution in [0.2, 0.25) is 0 Å². The summed E-state index contributed by atoms with van der Waals surface area (Å²) in [5, 5.41) is 0. The van der Waals surface area contributed by atoms with Gasteiger partial charge in [-0.25, -0.2) is 0 Å². The maximum absolute atomic E-state index is 6.14. The maximum atomic E-state index is 6.14. The molecule has 0 radical (unpaired) electrons. The molecule has 2 unspecified atom stereocenters. The molecular formula is C15H31N3O. The predicted octanol–water partition coefficient (Wildman–Crippen LogP) is 1.16. The zero-order valence-corrected chi connectivity index (χ0v) is 12.9. The number of rotatable bonds is 5. The topological polar surface area (TPSA) is 41.7 Å². The fraction of sp³-hybridized carbons (Fsp3) is 1.00. The number of ether oxygens (including phenoxy) is 1. The molecule has 0 aromatic carbocycles. The molecule has 2 fully saturated rings. The van der Waals surface area contributed by atoms with E-state index in [4.69, 9.17) is 10.5 Å². The van der Waals surface area contributed by atoms with Gasteiger partial charge in [-0.3, -0.25) is 4.90 Å². The Balaban J connectivity index is 1.98. The summed E-state index contributed by atoms with van der Waals surface area (Å²) in [6.45, 7) is 10.7. The van der Waals surface area contributed by atoms with Gasteiger partial charge in [0.05, 0.1) is 6.61 Å². The summed E-state index contributed by atoms with van der Waals surface area (Å²) < 4.78 is 5.59. The van der Waals surface area contributed by atoms with Gasteiger partial charge in [0.1, 0.15) is 0 Å². The molecule has 0 amide bonds. The monoisotopic (exact) mass is 269 g/mol. The predicted molar refractivity (Wildman–Crippen MR) is 79.3 cm³/mol. The van der Waals surface area contributed by atoms with Gasteiger partial charge < -0.3 is 15.4 Å². The SMILES string of the molecule is CCN1CCC(N(C)C(C)(CN)C2CCOC2)CC1. The summed E-state index contributed by atoms with van der Waals surface area (Å²) in [5.41, 5.74) is 6.23. The lowest BCUT2D eigenvalue weighted by atomic mass is 9.81. The average molecular weight is 269 g/mol. The minimum absolute atomic E-state index is 0.0928. The Morgan fingerprint density at radius 1 is 1.32 bits per heavy atom. The summed E-state index contributed by atoms with van der Waals surface area (Å²) in [6, 6.07) is 0.678. The second-order valence-electron chi connectivity index (χ2n) is 6.40. The Morgan fingerprint density at radius 2 is 2.00 bits per heavy atom. The first-order chi connectivity index (χ1) is 9.11. The lowest BCUT2D eigenvalue weighted by molar-refractivity contribution is 0.00926. The van der Waals surface area contributed by atoms with Gasteiger partial charge >= 0.3 is 0 Å². The fourth-order valence-corrected chi connectivity index (χ4v) is 3.66. The lowest BCUT2D eigenvalue weighted by Gasteiger charge is -2.48. The first-order valence-electron chi connectivity index (χ1n) is 7.85. The molecule has 0 spiro atoms. The number of likely N-dealkylation sites (N-methyl/N-ethyl adjacent to an activating group) is 1. The summed E-state index contributed by atoms with van der Waals surface area (Å²) in [4.78, 5) is 5.11. The number of nitrogens with two attached hydrogens (primary N) is 1. The van der Waals surface area contributed by atoms with Crippen LogP contribution in [0, 0.1) is 5.92 Å². The Bertz CT molecular complexity index is 273. The molecule has 2 rings (SSSR count). The molecule has 112 valence electrons. The van der Waals surface area contributed by atoms with Crippen molar-refractivity contribution in [3.63, 3.8) is 0 Å². The van der Waals surface area contributed by atoms with Crippen molar-refractivity contribution < 1.29 is 4.74 Å². The van der Waals surface area contributed by atoms with Gasteiger partial charge in [0.2, 0.25) is 0 Å². The van der Waals surface area contributed by atoms with E-state index in [1.807, 2.05) is 0 Å². The summed E-state index contributed by atoms with van der Waals surface area (Å²) in [5.74, 6) is 0.590. The van der Waals surface area contributed by atoms with E-state index in [1.54, 1.807) is 0 Å². The molecule has 0 aromatic rings. The zero-order valence-electron chi connectivity index (χ0n) is 12.9. The van der Waals surface area contributed by atoms with E-state index >= 15 is 0 Å². The molecule has 0 aliphatic carbocycles. The van der Waals surface area contributed by atoms with Crippen LogP contribution in [0.25, 0.3) is 0 Å². The Morgan fingerprint density at radius 3 is 2.47 bits per heavy atom. The van der Waals surface area contributed by atoms with Crippen molar-refractivity contribution in [2.24, 2.45) is 11.7 Å². The van der Waals surface area contributed by atoms with E-state index in [9.17, 15) is 0 Å². The van der Waals surface area contributed by atoms with Crippen molar-refractivity contribution in [1.82, 2.24) is 9.80 Å². The Labute approximate surface area is 118 Å². The highest BCUT2D eigenvalue weighted by Gasteiger charge is 2.41. The molecule has 0 saturated carbocycles. The fourth-order valence-electron chi connectivity index (χ4n) is 3.66. The lowest BCUT2D eigenvalue weighted by Crippen LogP contribution is -2.60. The first-order valence-corrected chi connectivity index (χ1v) is 7.85. The third-order valence-corrected chi connectivity index (χ3v) is 5.58. The average Bonchev–Trinajstić information content (AvgIpc) is 3.00. The molecule has 2 aliphatic rings. The van der Waals surface area contributed by atoms with Crippen molar-refractivity contribution in [1.29, 1.82) is 0 Å². The van der Waals surface area contributed by atoms with Crippen molar-refractivity contribution in [2.45, 2.75) is 44.7 Å². The molecule has 19 heavy (non-hydrogen) atoms. The van der Waals surface area contributed by atoms with Crippen molar-refractivity contribution in [2.75, 3.05) is 46.4 Å². The van der Waals surface area contributed by atoms with Gasteiger partial charge in [-0.1, -0.05) is 6.92 Å². The van der Waals surface area contributed by atoms with Crippen LogP contribution in [0.15, 0.2) is 0 Å². The third-order valence-electron chi connectivity index (χ3n) is 5.58. The molecule has 2 saturated heterocycles. The number of hydrogen-bond donors (Lipinski definition) is 1. The number of likely N-dealkylation sites (tertiary alicyclic amines) is 1. The van der Waals surface area contributed by atoms with Crippen LogP contribution in [0.5, 0.6) is 0 Å².